The second kappa shape index (κ2) is 14.4. The smallest absolute Gasteiger partial charge is 0.335 e. The Labute approximate surface area is 255 Å². The number of nitrogens with one attached hydrogen (secondary N) is 3. The second-order valence-electron chi connectivity index (χ2n) is 8.72. The number of carbonyl (C=O) groups is 4. The molecule has 0 aromatic heterocycles. The van der Waals surface area contributed by atoms with Crippen LogP contribution >= 0.6 is 35.0 Å². The first kappa shape index (κ1) is 30.4. The molecule has 42 heavy (non-hydrogen) atoms. The number of aromatic carboxylic acids is 1. The summed E-state index contributed by atoms with van der Waals surface area (Å²) in [6.07, 6.45) is 1.44. The number of halogens is 2. The van der Waals surface area contributed by atoms with Crippen LogP contribution < -0.4 is 16.0 Å². The van der Waals surface area contributed by atoms with Crippen molar-refractivity contribution in [2.45, 2.75) is 4.90 Å². The molecule has 0 fully saturated rings. The first-order valence-electron chi connectivity index (χ1n) is 12.4. The number of amides is 3. The Balaban J connectivity index is 1.45. The van der Waals surface area contributed by atoms with Crippen molar-refractivity contribution >= 4 is 76.1 Å². The van der Waals surface area contributed by atoms with Gasteiger partial charge < -0.3 is 21.1 Å². The largest absolute Gasteiger partial charge is 0.478 e. The zero-order chi connectivity index (χ0) is 30.1. The van der Waals surface area contributed by atoms with E-state index in [-0.39, 0.29) is 27.9 Å². The number of benzene rings is 4. The standard InChI is InChI=1S/C31H23Cl2N3O5S/c32-25-11-4-8-21(28(25)33)16-26(36-29(38)19-6-2-1-3-7-19)30(39)35-23-9-5-10-24(17-23)42-18-27(37)34-22-14-12-20(13-15-22)31(40)41/h1-17H,18H2,(H,34,37)(H,35,39)(H,36,38)(H,40,41)/b26-16+. The van der Waals surface area contributed by atoms with Crippen molar-refractivity contribution in [3.05, 3.63) is 129 Å². The van der Waals surface area contributed by atoms with Gasteiger partial charge >= 0.3 is 5.97 Å². The summed E-state index contributed by atoms with van der Waals surface area (Å²) in [5.41, 5.74) is 1.78. The molecule has 4 rings (SSSR count). The number of carbonyl (C=O) groups excluding carboxylic acids is 3. The molecule has 0 aliphatic rings. The maximum absolute atomic E-state index is 13.3. The van der Waals surface area contributed by atoms with E-state index >= 15 is 0 Å². The van der Waals surface area contributed by atoms with Crippen molar-refractivity contribution in [2.24, 2.45) is 0 Å². The predicted octanol–water partition coefficient (Wildman–Crippen LogP) is 6.83. The summed E-state index contributed by atoms with van der Waals surface area (Å²) >= 11 is 13.7. The minimum Gasteiger partial charge on any atom is -0.478 e. The van der Waals surface area contributed by atoms with E-state index in [1.807, 2.05) is 0 Å². The van der Waals surface area contributed by atoms with Crippen LogP contribution in [0.3, 0.4) is 0 Å². The summed E-state index contributed by atoms with van der Waals surface area (Å²) in [6.45, 7) is 0. The molecule has 11 heteroatoms. The Morgan fingerprint density at radius 3 is 2.19 bits per heavy atom. The molecule has 3 amide bonds. The molecule has 0 spiro atoms. The minimum absolute atomic E-state index is 0.0561. The quantitative estimate of drug-likeness (QED) is 0.114. The van der Waals surface area contributed by atoms with Gasteiger partial charge in [-0.1, -0.05) is 59.6 Å². The molecule has 0 atom stereocenters. The topological polar surface area (TPSA) is 125 Å². The summed E-state index contributed by atoms with van der Waals surface area (Å²) in [5, 5.41) is 17.7. The second-order valence-corrected chi connectivity index (χ2v) is 10.6. The van der Waals surface area contributed by atoms with E-state index in [4.69, 9.17) is 28.3 Å². The van der Waals surface area contributed by atoms with Gasteiger partial charge in [0.15, 0.2) is 0 Å². The lowest BCUT2D eigenvalue weighted by molar-refractivity contribution is -0.114. The normalized spacial score (nSPS) is 11.0. The van der Waals surface area contributed by atoms with Crippen LogP contribution in [-0.4, -0.2) is 34.6 Å². The number of hydrogen-bond acceptors (Lipinski definition) is 5. The molecule has 0 radical (unpaired) electrons. The van der Waals surface area contributed by atoms with Crippen LogP contribution in [0.2, 0.25) is 10.0 Å². The molecule has 212 valence electrons. The van der Waals surface area contributed by atoms with Gasteiger partial charge in [-0.3, -0.25) is 14.4 Å². The number of anilines is 2. The van der Waals surface area contributed by atoms with Crippen molar-refractivity contribution in [1.82, 2.24) is 5.32 Å². The van der Waals surface area contributed by atoms with E-state index in [0.29, 0.717) is 32.4 Å². The molecule has 4 aromatic carbocycles. The lowest BCUT2D eigenvalue weighted by Gasteiger charge is -2.13. The highest BCUT2D eigenvalue weighted by Crippen LogP contribution is 2.28. The first-order chi connectivity index (χ1) is 20.2. The monoisotopic (exact) mass is 619 g/mol. The summed E-state index contributed by atoms with van der Waals surface area (Å²) in [7, 11) is 0. The van der Waals surface area contributed by atoms with E-state index in [1.54, 1.807) is 72.8 Å². The highest BCUT2D eigenvalue weighted by atomic mass is 35.5. The SMILES string of the molecule is O=C(CSc1cccc(NC(=O)/C(=C\c2cccc(Cl)c2Cl)NC(=O)c2ccccc2)c1)Nc1ccc(C(=O)O)cc1. The molecular weight excluding hydrogens is 597 g/mol. The summed E-state index contributed by atoms with van der Waals surface area (Å²) in [5.74, 6) is -2.35. The average Bonchev–Trinajstić information content (AvgIpc) is 2.99. The van der Waals surface area contributed by atoms with Crippen molar-refractivity contribution in [2.75, 3.05) is 16.4 Å². The highest BCUT2D eigenvalue weighted by molar-refractivity contribution is 8.00. The van der Waals surface area contributed by atoms with E-state index < -0.39 is 17.8 Å². The predicted molar refractivity (Wildman–Crippen MR) is 166 cm³/mol. The van der Waals surface area contributed by atoms with Crippen LogP contribution in [-0.2, 0) is 9.59 Å². The molecule has 0 aliphatic carbocycles. The van der Waals surface area contributed by atoms with Gasteiger partial charge in [0.1, 0.15) is 5.70 Å². The molecule has 0 saturated carbocycles. The summed E-state index contributed by atoms with van der Waals surface area (Å²) in [4.78, 5) is 50.3. The minimum atomic E-state index is -1.05. The molecule has 4 N–H and O–H groups in total. The lowest BCUT2D eigenvalue weighted by Crippen LogP contribution is -2.30. The third-order valence-electron chi connectivity index (χ3n) is 5.69. The van der Waals surface area contributed by atoms with Gasteiger partial charge in [0.05, 0.1) is 21.4 Å². The van der Waals surface area contributed by atoms with Gasteiger partial charge in [-0.15, -0.1) is 11.8 Å². The Morgan fingerprint density at radius 1 is 0.762 bits per heavy atom. The summed E-state index contributed by atoms with van der Waals surface area (Å²) in [6, 6.07) is 26.1. The number of rotatable bonds is 10. The molecule has 8 nitrogen and oxygen atoms in total. The van der Waals surface area contributed by atoms with E-state index in [1.165, 1.54) is 42.1 Å². The van der Waals surface area contributed by atoms with Crippen molar-refractivity contribution in [3.8, 4) is 0 Å². The van der Waals surface area contributed by atoms with Gasteiger partial charge in [0, 0.05) is 21.8 Å². The van der Waals surface area contributed by atoms with Gasteiger partial charge in [-0.2, -0.15) is 0 Å². The van der Waals surface area contributed by atoms with E-state index in [2.05, 4.69) is 16.0 Å². The summed E-state index contributed by atoms with van der Waals surface area (Å²) < 4.78 is 0. The Kier molecular flexibility index (Phi) is 10.4. The Morgan fingerprint density at radius 2 is 1.48 bits per heavy atom. The molecule has 0 saturated heterocycles. The van der Waals surface area contributed by atoms with Crippen LogP contribution in [0.4, 0.5) is 11.4 Å². The van der Waals surface area contributed by atoms with Crippen LogP contribution in [0.1, 0.15) is 26.3 Å². The van der Waals surface area contributed by atoms with Crippen LogP contribution in [0, 0.1) is 0 Å². The third kappa shape index (κ3) is 8.47. The maximum Gasteiger partial charge on any atom is 0.335 e. The van der Waals surface area contributed by atoms with Gasteiger partial charge in [0.25, 0.3) is 11.8 Å². The Bertz CT molecular complexity index is 1660. The number of thioether (sulfide) groups is 1. The fourth-order valence-corrected chi connectivity index (χ4v) is 4.75. The van der Waals surface area contributed by atoms with Crippen LogP contribution in [0.15, 0.2) is 108 Å². The molecule has 4 aromatic rings. The molecule has 0 heterocycles. The van der Waals surface area contributed by atoms with Crippen molar-refractivity contribution < 1.29 is 24.3 Å². The zero-order valence-corrected chi connectivity index (χ0v) is 24.1. The van der Waals surface area contributed by atoms with E-state index in [0.717, 1.165) is 0 Å². The van der Waals surface area contributed by atoms with Crippen molar-refractivity contribution in [1.29, 1.82) is 0 Å². The first-order valence-corrected chi connectivity index (χ1v) is 14.1. The maximum atomic E-state index is 13.3. The number of carboxylic acids is 1. The van der Waals surface area contributed by atoms with Gasteiger partial charge in [-0.05, 0) is 72.3 Å². The van der Waals surface area contributed by atoms with Gasteiger partial charge in [0.2, 0.25) is 5.91 Å². The van der Waals surface area contributed by atoms with E-state index in [9.17, 15) is 19.2 Å². The fraction of sp³-hybridized carbons (Fsp3) is 0.0323. The third-order valence-corrected chi connectivity index (χ3v) is 7.51. The van der Waals surface area contributed by atoms with Crippen LogP contribution in [0.5, 0.6) is 0 Å². The molecule has 0 aliphatic heterocycles. The Hall–Kier alpha value is -4.57. The lowest BCUT2D eigenvalue weighted by atomic mass is 10.1. The molecule has 0 unspecified atom stereocenters. The zero-order valence-electron chi connectivity index (χ0n) is 21.8. The molecule has 0 bridgehead atoms. The average molecular weight is 621 g/mol. The molecular formula is C31H23Cl2N3O5S. The number of hydrogen-bond donors (Lipinski definition) is 4. The van der Waals surface area contributed by atoms with Crippen molar-refractivity contribution in [3.63, 3.8) is 0 Å². The number of carboxylic acid groups (broad SMARTS) is 1. The fourth-order valence-electron chi connectivity index (χ4n) is 3.63. The van der Waals surface area contributed by atoms with Crippen LogP contribution in [0.25, 0.3) is 6.08 Å². The highest BCUT2D eigenvalue weighted by Gasteiger charge is 2.17. The van der Waals surface area contributed by atoms with Gasteiger partial charge in [-0.25, -0.2) is 4.79 Å².